The van der Waals surface area contributed by atoms with Gasteiger partial charge in [0.2, 0.25) is 0 Å². The van der Waals surface area contributed by atoms with Crippen molar-refractivity contribution in [1.82, 2.24) is 15.1 Å². The van der Waals surface area contributed by atoms with Gasteiger partial charge in [-0.1, -0.05) is 48.5 Å². The Morgan fingerprint density at radius 2 is 1.55 bits per heavy atom. The van der Waals surface area contributed by atoms with E-state index < -0.39 is 18.7 Å². The van der Waals surface area contributed by atoms with E-state index in [2.05, 4.69) is 15.2 Å². The molecule has 0 radical (unpaired) electrons. The van der Waals surface area contributed by atoms with Gasteiger partial charge in [0.15, 0.2) is 12.3 Å². The monoisotopic (exact) mass is 453 g/mol. The number of fused-ring (bicyclic) bond motifs is 1. The van der Waals surface area contributed by atoms with Crippen LogP contribution in [0.1, 0.15) is 16.1 Å². The number of rotatable bonds is 6. The minimum Gasteiger partial charge on any atom is -0.484 e. The lowest BCUT2D eigenvalue weighted by Crippen LogP contribution is -2.29. The Labute approximate surface area is 186 Å². The number of carbonyl (C=O) groups excluding carboxylic acids is 1. The lowest BCUT2D eigenvalue weighted by atomic mass is 10.1. The van der Waals surface area contributed by atoms with E-state index in [-0.39, 0.29) is 23.5 Å². The zero-order valence-corrected chi connectivity index (χ0v) is 17.2. The number of benzene rings is 3. The van der Waals surface area contributed by atoms with E-state index in [1.807, 2.05) is 6.07 Å². The fourth-order valence-electron chi connectivity index (χ4n) is 3.24. The minimum atomic E-state index is -4.42. The third kappa shape index (κ3) is 5.20. The van der Waals surface area contributed by atoms with Crippen molar-refractivity contribution in [1.29, 1.82) is 0 Å². The number of amides is 1. The van der Waals surface area contributed by atoms with Gasteiger partial charge in [-0.05, 0) is 35.9 Å². The molecule has 0 aliphatic heterocycles. The second-order valence-electron chi connectivity index (χ2n) is 7.18. The van der Waals surface area contributed by atoms with E-state index in [9.17, 15) is 22.8 Å². The molecule has 0 saturated heterocycles. The molecule has 0 saturated carbocycles. The summed E-state index contributed by atoms with van der Waals surface area (Å²) < 4.78 is 42.7. The SMILES string of the molecule is O=C(NCc1ccc(OCC(F)(F)F)cc1)c1nn(-c2ccccc2)c(=O)c2ccccc12. The number of ether oxygens (including phenoxy) is 1. The Hall–Kier alpha value is -4.14. The van der Waals surface area contributed by atoms with Crippen LogP contribution in [0.5, 0.6) is 5.75 Å². The molecule has 1 N–H and O–H groups in total. The number of hydrogen-bond acceptors (Lipinski definition) is 4. The zero-order chi connectivity index (χ0) is 23.4. The fraction of sp³-hybridized carbons (Fsp3) is 0.125. The number of halogens is 3. The lowest BCUT2D eigenvalue weighted by Gasteiger charge is -2.12. The largest absolute Gasteiger partial charge is 0.484 e. The quantitative estimate of drug-likeness (QED) is 0.474. The zero-order valence-electron chi connectivity index (χ0n) is 17.2. The van der Waals surface area contributed by atoms with Crippen LogP contribution in [0, 0.1) is 0 Å². The van der Waals surface area contributed by atoms with Gasteiger partial charge in [-0.2, -0.15) is 23.0 Å². The van der Waals surface area contributed by atoms with Crippen molar-refractivity contribution in [3.8, 4) is 11.4 Å². The van der Waals surface area contributed by atoms with E-state index in [4.69, 9.17) is 0 Å². The number of para-hydroxylation sites is 1. The van der Waals surface area contributed by atoms with Gasteiger partial charge in [-0.25, -0.2) is 0 Å². The molecule has 0 spiro atoms. The Morgan fingerprint density at radius 1 is 0.909 bits per heavy atom. The van der Waals surface area contributed by atoms with Crippen molar-refractivity contribution in [3.63, 3.8) is 0 Å². The van der Waals surface area contributed by atoms with Gasteiger partial charge in [0.05, 0.1) is 11.1 Å². The highest BCUT2D eigenvalue weighted by molar-refractivity contribution is 6.04. The first-order valence-electron chi connectivity index (χ1n) is 9.96. The van der Waals surface area contributed by atoms with Crippen LogP contribution >= 0.6 is 0 Å². The molecule has 0 fully saturated rings. The van der Waals surface area contributed by atoms with Crippen LogP contribution in [0.2, 0.25) is 0 Å². The van der Waals surface area contributed by atoms with E-state index >= 15 is 0 Å². The summed E-state index contributed by atoms with van der Waals surface area (Å²) in [6.07, 6.45) is -4.42. The molecule has 9 heteroatoms. The smallest absolute Gasteiger partial charge is 0.422 e. The molecule has 1 heterocycles. The predicted molar refractivity (Wildman–Crippen MR) is 117 cm³/mol. The lowest BCUT2D eigenvalue weighted by molar-refractivity contribution is -0.153. The Morgan fingerprint density at radius 3 is 2.21 bits per heavy atom. The van der Waals surface area contributed by atoms with Crippen molar-refractivity contribution in [2.45, 2.75) is 12.7 Å². The van der Waals surface area contributed by atoms with Crippen molar-refractivity contribution in [3.05, 3.63) is 100 Å². The molecular weight excluding hydrogens is 435 g/mol. The van der Waals surface area contributed by atoms with Gasteiger partial charge in [-0.15, -0.1) is 0 Å². The third-order valence-electron chi connectivity index (χ3n) is 4.80. The number of nitrogens with zero attached hydrogens (tertiary/aromatic N) is 2. The Bertz CT molecular complexity index is 1330. The van der Waals surface area contributed by atoms with Crippen LogP contribution in [-0.2, 0) is 6.54 Å². The number of nitrogens with one attached hydrogen (secondary N) is 1. The third-order valence-corrected chi connectivity index (χ3v) is 4.80. The van der Waals surface area contributed by atoms with Crippen molar-refractivity contribution in [2.24, 2.45) is 0 Å². The average molecular weight is 453 g/mol. The molecule has 1 aromatic heterocycles. The summed E-state index contributed by atoms with van der Waals surface area (Å²) in [5.41, 5.74) is 0.919. The number of hydrogen-bond donors (Lipinski definition) is 1. The summed E-state index contributed by atoms with van der Waals surface area (Å²) in [6.45, 7) is -1.27. The van der Waals surface area contributed by atoms with Gasteiger partial charge in [0.1, 0.15) is 5.75 Å². The Balaban J connectivity index is 1.56. The summed E-state index contributed by atoms with van der Waals surface area (Å²) in [6, 6.07) is 21.4. The normalized spacial score (nSPS) is 11.4. The molecule has 6 nitrogen and oxygen atoms in total. The predicted octanol–water partition coefficient (Wildman–Crippen LogP) is 4.26. The van der Waals surface area contributed by atoms with Crippen LogP contribution in [-0.4, -0.2) is 28.5 Å². The van der Waals surface area contributed by atoms with Gasteiger partial charge in [0, 0.05) is 11.9 Å². The second-order valence-corrected chi connectivity index (χ2v) is 7.18. The molecule has 0 aliphatic carbocycles. The highest BCUT2D eigenvalue weighted by Crippen LogP contribution is 2.19. The summed E-state index contributed by atoms with van der Waals surface area (Å²) in [5, 5.41) is 7.83. The fourth-order valence-corrected chi connectivity index (χ4v) is 3.24. The molecule has 0 aliphatic rings. The number of carbonyl (C=O) groups is 1. The molecular formula is C24H18F3N3O3. The summed E-state index contributed by atoms with van der Waals surface area (Å²) in [4.78, 5) is 25.9. The van der Waals surface area contributed by atoms with E-state index in [0.717, 1.165) is 0 Å². The highest BCUT2D eigenvalue weighted by atomic mass is 19.4. The van der Waals surface area contributed by atoms with E-state index in [1.54, 1.807) is 60.7 Å². The molecule has 4 aromatic rings. The van der Waals surface area contributed by atoms with Gasteiger partial charge < -0.3 is 10.1 Å². The maximum absolute atomic E-state index is 13.0. The summed E-state index contributed by atoms with van der Waals surface area (Å²) in [5.74, 6) is -0.418. The molecule has 0 unspecified atom stereocenters. The van der Waals surface area contributed by atoms with Crippen molar-refractivity contribution >= 4 is 16.7 Å². The Kier molecular flexibility index (Phi) is 6.12. The maximum Gasteiger partial charge on any atom is 0.422 e. The van der Waals surface area contributed by atoms with Crippen LogP contribution in [0.3, 0.4) is 0 Å². The average Bonchev–Trinajstić information content (AvgIpc) is 2.82. The standard InChI is InChI=1S/C24H18F3N3O3/c25-24(26,27)15-33-18-12-10-16(11-13-18)14-28-22(31)21-19-8-4-5-9-20(19)23(32)30(29-21)17-6-2-1-3-7-17/h1-13H,14-15H2,(H,28,31). The number of alkyl halides is 3. The van der Waals surface area contributed by atoms with Crippen LogP contribution in [0.25, 0.3) is 16.5 Å². The molecule has 3 aromatic carbocycles. The first kappa shape index (κ1) is 22.1. The van der Waals surface area contributed by atoms with Gasteiger partial charge in [0.25, 0.3) is 11.5 Å². The summed E-state index contributed by atoms with van der Waals surface area (Å²) >= 11 is 0. The second kappa shape index (κ2) is 9.15. The molecule has 168 valence electrons. The topological polar surface area (TPSA) is 73.2 Å². The van der Waals surface area contributed by atoms with Crippen LogP contribution in [0.4, 0.5) is 13.2 Å². The molecule has 4 rings (SSSR count). The van der Waals surface area contributed by atoms with Crippen molar-refractivity contribution in [2.75, 3.05) is 6.61 Å². The van der Waals surface area contributed by atoms with E-state index in [0.29, 0.717) is 22.0 Å². The van der Waals surface area contributed by atoms with Gasteiger partial charge in [-0.3, -0.25) is 9.59 Å². The van der Waals surface area contributed by atoms with Crippen molar-refractivity contribution < 1.29 is 22.7 Å². The summed E-state index contributed by atoms with van der Waals surface area (Å²) in [7, 11) is 0. The van der Waals surface area contributed by atoms with Gasteiger partial charge >= 0.3 is 6.18 Å². The maximum atomic E-state index is 13.0. The first-order chi connectivity index (χ1) is 15.8. The van der Waals surface area contributed by atoms with E-state index in [1.165, 1.54) is 16.8 Å². The minimum absolute atomic E-state index is 0.0741. The first-order valence-corrected chi connectivity index (χ1v) is 9.96. The number of aromatic nitrogens is 2. The highest BCUT2D eigenvalue weighted by Gasteiger charge is 2.28. The molecule has 0 bridgehead atoms. The molecule has 33 heavy (non-hydrogen) atoms. The van der Waals surface area contributed by atoms with Crippen LogP contribution in [0.15, 0.2) is 83.7 Å². The molecule has 0 atom stereocenters. The van der Waals surface area contributed by atoms with Crippen LogP contribution < -0.4 is 15.6 Å². The molecule has 1 amide bonds.